The van der Waals surface area contributed by atoms with E-state index in [0.717, 1.165) is 38.2 Å². The Hall–Kier alpha value is 0.0400. The summed E-state index contributed by atoms with van der Waals surface area (Å²) in [6, 6.07) is 6.15. The number of benzene rings is 1. The maximum absolute atomic E-state index is 6.39. The van der Waals surface area contributed by atoms with Crippen LogP contribution < -0.4 is 5.32 Å². The smallest absolute Gasteiger partial charge is 0.0640 e. The number of nitrogens with zero attached hydrogens (tertiary/aromatic N) is 1. The first-order chi connectivity index (χ1) is 9.09. The topological polar surface area (TPSA) is 15.3 Å². The van der Waals surface area contributed by atoms with Crippen LogP contribution >= 0.6 is 48.0 Å². The number of halogens is 4. The Balaban J connectivity index is 0.00000200. The summed E-state index contributed by atoms with van der Waals surface area (Å²) in [7, 11) is 0. The van der Waals surface area contributed by atoms with Gasteiger partial charge in [-0.1, -0.05) is 40.9 Å². The molecule has 120 valence electrons. The Labute approximate surface area is 149 Å². The van der Waals surface area contributed by atoms with Gasteiger partial charge in [0.1, 0.15) is 0 Å². The third-order valence-corrected chi connectivity index (χ3v) is 4.31. The van der Waals surface area contributed by atoms with Crippen LogP contribution in [0.25, 0.3) is 0 Å². The van der Waals surface area contributed by atoms with E-state index >= 15 is 0 Å². The lowest BCUT2D eigenvalue weighted by Crippen LogP contribution is -2.45. The van der Waals surface area contributed by atoms with Crippen molar-refractivity contribution in [1.29, 1.82) is 0 Å². The summed E-state index contributed by atoms with van der Waals surface area (Å²) < 4.78 is 0. The number of hydrogen-bond acceptors (Lipinski definition) is 2. The van der Waals surface area contributed by atoms with Gasteiger partial charge in [0, 0.05) is 32.2 Å². The molecule has 2 rings (SSSR count). The van der Waals surface area contributed by atoms with Gasteiger partial charge in [-0.3, -0.25) is 4.90 Å². The molecule has 1 heterocycles. The van der Waals surface area contributed by atoms with Crippen LogP contribution in [0.2, 0.25) is 10.0 Å². The van der Waals surface area contributed by atoms with E-state index in [2.05, 4.69) is 29.8 Å². The van der Waals surface area contributed by atoms with Crippen molar-refractivity contribution in [3.05, 3.63) is 46.0 Å². The van der Waals surface area contributed by atoms with E-state index in [4.69, 9.17) is 23.2 Å². The van der Waals surface area contributed by atoms with Crippen LogP contribution in [0, 0.1) is 0 Å². The largest absolute Gasteiger partial charge is 0.314 e. The molecule has 2 nitrogen and oxygen atoms in total. The van der Waals surface area contributed by atoms with Gasteiger partial charge >= 0.3 is 0 Å². The van der Waals surface area contributed by atoms with Crippen molar-refractivity contribution in [1.82, 2.24) is 10.2 Å². The molecule has 21 heavy (non-hydrogen) atoms. The normalized spacial score (nSPS) is 16.5. The van der Waals surface area contributed by atoms with Gasteiger partial charge < -0.3 is 5.32 Å². The average molecular weight is 372 g/mol. The number of nitrogens with one attached hydrogen (secondary N) is 1. The number of rotatable bonds is 4. The highest BCUT2D eigenvalue weighted by molar-refractivity contribution is 6.42. The molecular weight excluding hydrogens is 350 g/mol. The summed E-state index contributed by atoms with van der Waals surface area (Å²) in [6.07, 6.45) is 0.917. The fourth-order valence-electron chi connectivity index (χ4n) is 2.54. The van der Waals surface area contributed by atoms with Crippen LogP contribution in [-0.4, -0.2) is 31.1 Å². The second kappa shape index (κ2) is 9.94. The second-order valence-corrected chi connectivity index (χ2v) is 5.89. The Morgan fingerprint density at radius 2 is 1.90 bits per heavy atom. The highest BCUT2D eigenvalue weighted by Gasteiger charge is 2.24. The van der Waals surface area contributed by atoms with E-state index in [0.29, 0.717) is 10.0 Å². The van der Waals surface area contributed by atoms with Crippen LogP contribution in [0.1, 0.15) is 24.9 Å². The summed E-state index contributed by atoms with van der Waals surface area (Å²) in [6.45, 7) is 10.2. The second-order valence-electron chi connectivity index (χ2n) is 5.11. The fourth-order valence-corrected chi connectivity index (χ4v) is 2.97. The lowest BCUT2D eigenvalue weighted by atomic mass is 9.98. The van der Waals surface area contributed by atoms with Crippen LogP contribution in [0.15, 0.2) is 30.4 Å². The highest BCUT2D eigenvalue weighted by atomic mass is 35.5. The van der Waals surface area contributed by atoms with Crippen molar-refractivity contribution < 1.29 is 0 Å². The fraction of sp³-hybridized carbons (Fsp3) is 0.467. The van der Waals surface area contributed by atoms with Gasteiger partial charge in [-0.05, 0) is 25.0 Å². The van der Waals surface area contributed by atoms with Crippen LogP contribution in [0.3, 0.4) is 0 Å². The number of hydrogen-bond donors (Lipinski definition) is 1. The van der Waals surface area contributed by atoms with Crippen molar-refractivity contribution in [3.8, 4) is 0 Å². The molecule has 0 amide bonds. The third kappa shape index (κ3) is 5.63. The van der Waals surface area contributed by atoms with Crippen molar-refractivity contribution in [2.45, 2.75) is 19.4 Å². The van der Waals surface area contributed by atoms with E-state index in [-0.39, 0.29) is 30.9 Å². The van der Waals surface area contributed by atoms with Gasteiger partial charge in [0.2, 0.25) is 0 Å². The lowest BCUT2D eigenvalue weighted by molar-refractivity contribution is 0.172. The molecule has 1 fully saturated rings. The monoisotopic (exact) mass is 370 g/mol. The molecule has 0 radical (unpaired) electrons. The van der Waals surface area contributed by atoms with E-state index in [9.17, 15) is 0 Å². The Morgan fingerprint density at radius 1 is 1.29 bits per heavy atom. The van der Waals surface area contributed by atoms with E-state index in [1.165, 1.54) is 5.57 Å². The zero-order valence-electron chi connectivity index (χ0n) is 12.1. The maximum atomic E-state index is 6.39. The summed E-state index contributed by atoms with van der Waals surface area (Å²) >= 11 is 12.5. The van der Waals surface area contributed by atoms with Gasteiger partial charge in [-0.25, -0.2) is 0 Å². The molecule has 1 atom stereocenters. The minimum Gasteiger partial charge on any atom is -0.314 e. The minimum absolute atomic E-state index is 0. The van der Waals surface area contributed by atoms with Crippen molar-refractivity contribution in [3.63, 3.8) is 0 Å². The van der Waals surface area contributed by atoms with Crippen molar-refractivity contribution in [2.24, 2.45) is 0 Å². The molecule has 1 aliphatic heterocycles. The van der Waals surface area contributed by atoms with E-state index in [1.807, 2.05) is 12.1 Å². The first kappa shape index (κ1) is 21.0. The molecule has 0 bridgehead atoms. The van der Waals surface area contributed by atoms with Crippen LogP contribution in [0.5, 0.6) is 0 Å². The molecule has 0 saturated carbocycles. The van der Waals surface area contributed by atoms with Gasteiger partial charge in [0.25, 0.3) is 0 Å². The summed E-state index contributed by atoms with van der Waals surface area (Å²) in [4.78, 5) is 2.46. The molecule has 1 aromatic carbocycles. The molecule has 0 unspecified atom stereocenters. The molecule has 1 N–H and O–H groups in total. The van der Waals surface area contributed by atoms with Gasteiger partial charge in [0.15, 0.2) is 0 Å². The van der Waals surface area contributed by atoms with Crippen molar-refractivity contribution in [2.75, 3.05) is 26.2 Å². The first-order valence-electron chi connectivity index (χ1n) is 6.62. The van der Waals surface area contributed by atoms with Gasteiger partial charge in [0.05, 0.1) is 10.0 Å². The quantitative estimate of drug-likeness (QED) is 0.768. The molecule has 1 saturated heterocycles. The van der Waals surface area contributed by atoms with Crippen LogP contribution in [0.4, 0.5) is 0 Å². The lowest BCUT2D eigenvalue weighted by Gasteiger charge is -2.36. The summed E-state index contributed by atoms with van der Waals surface area (Å²) in [5, 5.41) is 4.68. The Morgan fingerprint density at radius 3 is 2.48 bits per heavy atom. The van der Waals surface area contributed by atoms with Crippen LogP contribution in [-0.2, 0) is 0 Å². The Kier molecular flexibility index (Phi) is 9.96. The zero-order chi connectivity index (χ0) is 13.8. The number of piperazine rings is 1. The molecule has 0 spiro atoms. The third-order valence-electron chi connectivity index (χ3n) is 3.47. The van der Waals surface area contributed by atoms with E-state index < -0.39 is 0 Å². The molecule has 1 aliphatic rings. The van der Waals surface area contributed by atoms with E-state index in [1.54, 1.807) is 0 Å². The zero-order valence-corrected chi connectivity index (χ0v) is 15.2. The molecule has 0 aliphatic carbocycles. The molecule has 6 heteroatoms. The average Bonchev–Trinajstić information content (AvgIpc) is 2.40. The minimum atomic E-state index is 0. The maximum Gasteiger partial charge on any atom is 0.0640 e. The summed E-state index contributed by atoms with van der Waals surface area (Å²) in [5.41, 5.74) is 2.28. The van der Waals surface area contributed by atoms with Gasteiger partial charge in [-0.2, -0.15) is 0 Å². The predicted molar refractivity (Wildman–Crippen MR) is 97.6 cm³/mol. The highest BCUT2D eigenvalue weighted by Crippen LogP contribution is 2.35. The van der Waals surface area contributed by atoms with Gasteiger partial charge in [-0.15, -0.1) is 31.4 Å². The molecular formula is C15H22Cl4N2. The standard InChI is InChI=1S/C15H20Cl2N2.2ClH/c1-11(2)10-14(19-8-6-18-7-9-19)12-4-3-5-13(16)15(12)17;;/h3-5,14,18H,1,6-10H2,2H3;2*1H/t14-;;/m1../s1. The molecule has 1 aromatic rings. The summed E-state index contributed by atoms with van der Waals surface area (Å²) in [5.74, 6) is 0. The van der Waals surface area contributed by atoms with Crippen molar-refractivity contribution >= 4 is 48.0 Å². The first-order valence-corrected chi connectivity index (χ1v) is 7.38. The molecule has 0 aromatic heterocycles. The predicted octanol–water partition coefficient (Wildman–Crippen LogP) is 4.75. The Bertz CT molecular complexity index is 459. The SMILES string of the molecule is C=C(C)C[C@H](c1cccc(Cl)c1Cl)N1CCNCC1.Cl.Cl.